The predicted octanol–water partition coefficient (Wildman–Crippen LogP) is 2.99. The van der Waals surface area contributed by atoms with Crippen molar-refractivity contribution in [2.45, 2.75) is 44.0 Å². The van der Waals surface area contributed by atoms with Gasteiger partial charge in [0.2, 0.25) is 0 Å². The van der Waals surface area contributed by atoms with Crippen molar-refractivity contribution >= 4 is 11.3 Å². The van der Waals surface area contributed by atoms with Crippen molar-refractivity contribution in [3.8, 4) is 0 Å². The highest BCUT2D eigenvalue weighted by atomic mass is 32.1. The number of rotatable bonds is 5. The fourth-order valence-electron chi connectivity index (χ4n) is 3.87. The second-order valence-corrected chi connectivity index (χ2v) is 8.03. The average molecular weight is 347 g/mol. The van der Waals surface area contributed by atoms with Gasteiger partial charge in [-0.25, -0.2) is 4.98 Å². The molecule has 1 unspecified atom stereocenters. The van der Waals surface area contributed by atoms with E-state index in [0.29, 0.717) is 6.04 Å². The standard InChI is InChI=1S/C18H25N3O2S/c1-20(12-16-3-2-9-22-16)15-11-18(23-14-15)4-7-21(8-5-18)13-17-19-6-10-24-17/h2-3,6,9-10,15H,4-5,7-8,11-14H2,1H3. The van der Waals surface area contributed by atoms with E-state index in [2.05, 4.69) is 27.2 Å². The van der Waals surface area contributed by atoms with Crippen LogP contribution in [-0.2, 0) is 17.8 Å². The first kappa shape index (κ1) is 16.3. The van der Waals surface area contributed by atoms with Crippen LogP contribution in [0.25, 0.3) is 0 Å². The van der Waals surface area contributed by atoms with Crippen LogP contribution in [0.15, 0.2) is 34.4 Å². The van der Waals surface area contributed by atoms with Gasteiger partial charge >= 0.3 is 0 Å². The zero-order chi connectivity index (χ0) is 16.4. The Morgan fingerprint density at radius 2 is 2.29 bits per heavy atom. The van der Waals surface area contributed by atoms with Crippen LogP contribution in [0.2, 0.25) is 0 Å². The summed E-state index contributed by atoms with van der Waals surface area (Å²) in [5.74, 6) is 1.02. The van der Waals surface area contributed by atoms with Crippen LogP contribution in [-0.4, -0.2) is 53.2 Å². The number of hydrogen-bond donors (Lipinski definition) is 0. The Kier molecular flexibility index (Phi) is 4.72. The van der Waals surface area contributed by atoms with Gasteiger partial charge in [-0.05, 0) is 38.4 Å². The molecule has 0 saturated carbocycles. The molecule has 1 atom stereocenters. The summed E-state index contributed by atoms with van der Waals surface area (Å²) < 4.78 is 11.8. The summed E-state index contributed by atoms with van der Waals surface area (Å²) in [6.07, 6.45) is 7.03. The molecule has 2 aliphatic heterocycles. The molecule has 0 radical (unpaired) electrons. The molecule has 2 aliphatic rings. The maximum absolute atomic E-state index is 6.31. The summed E-state index contributed by atoms with van der Waals surface area (Å²) >= 11 is 1.75. The van der Waals surface area contributed by atoms with E-state index < -0.39 is 0 Å². The lowest BCUT2D eigenvalue weighted by Gasteiger charge is -2.38. The number of likely N-dealkylation sites (N-methyl/N-ethyl adjacent to an activating group) is 1. The van der Waals surface area contributed by atoms with Gasteiger partial charge in [0.15, 0.2) is 0 Å². The molecule has 5 nitrogen and oxygen atoms in total. The highest BCUT2D eigenvalue weighted by Gasteiger charge is 2.43. The van der Waals surface area contributed by atoms with Crippen LogP contribution in [0.1, 0.15) is 30.0 Å². The molecule has 6 heteroatoms. The van der Waals surface area contributed by atoms with Crippen molar-refractivity contribution in [2.24, 2.45) is 0 Å². The predicted molar refractivity (Wildman–Crippen MR) is 93.9 cm³/mol. The van der Waals surface area contributed by atoms with Crippen LogP contribution in [0.5, 0.6) is 0 Å². The van der Waals surface area contributed by atoms with Gasteiger partial charge in [-0.1, -0.05) is 0 Å². The van der Waals surface area contributed by atoms with Gasteiger partial charge < -0.3 is 9.15 Å². The van der Waals surface area contributed by atoms with E-state index in [4.69, 9.17) is 9.15 Å². The van der Waals surface area contributed by atoms with Gasteiger partial charge in [0.05, 0.1) is 31.6 Å². The van der Waals surface area contributed by atoms with Crippen LogP contribution in [0.3, 0.4) is 0 Å². The van der Waals surface area contributed by atoms with Crippen molar-refractivity contribution < 1.29 is 9.15 Å². The summed E-state index contributed by atoms with van der Waals surface area (Å²) in [6.45, 7) is 4.88. The Bertz CT molecular complexity index is 621. The Hall–Kier alpha value is -1.21. The Morgan fingerprint density at radius 1 is 1.42 bits per heavy atom. The van der Waals surface area contributed by atoms with E-state index in [1.54, 1.807) is 17.6 Å². The number of likely N-dealkylation sites (tertiary alicyclic amines) is 1. The van der Waals surface area contributed by atoms with E-state index >= 15 is 0 Å². The number of ether oxygens (including phenoxy) is 1. The third-order valence-corrected chi connectivity index (χ3v) is 6.17. The van der Waals surface area contributed by atoms with Crippen molar-refractivity contribution in [3.05, 3.63) is 40.7 Å². The van der Waals surface area contributed by atoms with Gasteiger partial charge in [0.25, 0.3) is 0 Å². The molecule has 2 aromatic rings. The Balaban J connectivity index is 1.28. The second kappa shape index (κ2) is 6.96. The third-order valence-electron chi connectivity index (χ3n) is 5.41. The summed E-state index contributed by atoms with van der Waals surface area (Å²) in [4.78, 5) is 9.28. The van der Waals surface area contributed by atoms with Gasteiger partial charge in [-0.15, -0.1) is 11.3 Å². The molecular formula is C18H25N3O2S. The van der Waals surface area contributed by atoms with Gasteiger partial charge in [-0.3, -0.25) is 9.80 Å². The SMILES string of the molecule is CN(Cc1ccco1)C1COC2(CCN(Cc3nccs3)CC2)C1. The van der Waals surface area contributed by atoms with Gasteiger partial charge in [0, 0.05) is 30.7 Å². The van der Waals surface area contributed by atoms with Crippen LogP contribution in [0, 0.1) is 0 Å². The molecule has 0 bridgehead atoms. The van der Waals surface area contributed by atoms with Crippen LogP contribution >= 0.6 is 11.3 Å². The first-order chi connectivity index (χ1) is 11.7. The van der Waals surface area contributed by atoms with E-state index in [-0.39, 0.29) is 5.60 Å². The third kappa shape index (κ3) is 3.57. The molecule has 0 N–H and O–H groups in total. The van der Waals surface area contributed by atoms with Crippen LogP contribution < -0.4 is 0 Å². The quantitative estimate of drug-likeness (QED) is 0.832. The van der Waals surface area contributed by atoms with E-state index in [9.17, 15) is 0 Å². The minimum atomic E-state index is 0.0848. The second-order valence-electron chi connectivity index (χ2n) is 7.05. The summed E-state index contributed by atoms with van der Waals surface area (Å²) in [7, 11) is 2.17. The van der Waals surface area contributed by atoms with E-state index in [0.717, 1.165) is 57.8 Å². The molecule has 4 heterocycles. The number of aromatic nitrogens is 1. The normalized spacial score (nSPS) is 24.2. The first-order valence-corrected chi connectivity index (χ1v) is 9.58. The Labute approximate surface area is 147 Å². The van der Waals surface area contributed by atoms with Gasteiger partial charge in [0.1, 0.15) is 10.8 Å². The molecule has 0 aromatic carbocycles. The van der Waals surface area contributed by atoms with Crippen molar-refractivity contribution in [1.82, 2.24) is 14.8 Å². The maximum atomic E-state index is 6.31. The maximum Gasteiger partial charge on any atom is 0.117 e. The minimum absolute atomic E-state index is 0.0848. The minimum Gasteiger partial charge on any atom is -0.468 e. The average Bonchev–Trinajstić information content (AvgIpc) is 3.33. The molecule has 0 amide bonds. The molecule has 0 aliphatic carbocycles. The molecule has 2 saturated heterocycles. The lowest BCUT2D eigenvalue weighted by molar-refractivity contribution is -0.0452. The molecule has 130 valence electrons. The number of thiazole rings is 1. The smallest absolute Gasteiger partial charge is 0.117 e. The highest BCUT2D eigenvalue weighted by molar-refractivity contribution is 7.09. The van der Waals surface area contributed by atoms with Crippen molar-refractivity contribution in [1.29, 1.82) is 0 Å². The molecule has 24 heavy (non-hydrogen) atoms. The number of nitrogens with zero attached hydrogens (tertiary/aromatic N) is 3. The van der Waals surface area contributed by atoms with Gasteiger partial charge in [-0.2, -0.15) is 0 Å². The summed E-state index contributed by atoms with van der Waals surface area (Å²) in [6, 6.07) is 4.48. The Morgan fingerprint density at radius 3 is 3.00 bits per heavy atom. The lowest BCUT2D eigenvalue weighted by atomic mass is 9.87. The van der Waals surface area contributed by atoms with Crippen molar-refractivity contribution in [2.75, 3.05) is 26.7 Å². The fraction of sp³-hybridized carbons (Fsp3) is 0.611. The van der Waals surface area contributed by atoms with E-state index in [1.165, 1.54) is 5.01 Å². The van der Waals surface area contributed by atoms with Crippen molar-refractivity contribution in [3.63, 3.8) is 0 Å². The molecule has 4 rings (SSSR count). The highest BCUT2D eigenvalue weighted by Crippen LogP contribution is 2.38. The molecule has 1 spiro atoms. The topological polar surface area (TPSA) is 41.7 Å². The molecular weight excluding hydrogens is 322 g/mol. The summed E-state index contributed by atoms with van der Waals surface area (Å²) in [5.41, 5.74) is 0.0848. The molecule has 2 aromatic heterocycles. The fourth-order valence-corrected chi connectivity index (χ4v) is 4.53. The zero-order valence-corrected chi connectivity index (χ0v) is 15.0. The monoisotopic (exact) mass is 347 g/mol. The zero-order valence-electron chi connectivity index (χ0n) is 14.2. The first-order valence-electron chi connectivity index (χ1n) is 8.70. The summed E-state index contributed by atoms with van der Waals surface area (Å²) in [5, 5.41) is 3.27. The number of piperidine rings is 1. The van der Waals surface area contributed by atoms with Crippen LogP contribution in [0.4, 0.5) is 0 Å². The number of hydrogen-bond acceptors (Lipinski definition) is 6. The van der Waals surface area contributed by atoms with E-state index in [1.807, 2.05) is 18.3 Å². The largest absolute Gasteiger partial charge is 0.468 e. The number of furan rings is 1. The lowest BCUT2D eigenvalue weighted by Crippen LogP contribution is -2.44. The molecule has 2 fully saturated rings.